The number of hydrogen-bond acceptors (Lipinski definition) is 9. The topological polar surface area (TPSA) is 181 Å². The maximum absolute atomic E-state index is 12.8. The molecule has 4 aliphatic carbocycles. The van der Waals surface area contributed by atoms with Crippen LogP contribution in [0.2, 0.25) is 0 Å². The normalized spacial score (nSPS) is 21.0. The largest absolute Gasteiger partial charge is 0.453 e. The number of nitrogens with one attached hydrogen (secondary N) is 3. The first-order valence-corrected chi connectivity index (χ1v) is 18.2. The molecule has 276 valence electrons. The van der Waals surface area contributed by atoms with Crippen molar-refractivity contribution in [1.29, 1.82) is 0 Å². The molecule has 0 saturated carbocycles. The van der Waals surface area contributed by atoms with E-state index < -0.39 is 11.9 Å². The lowest BCUT2D eigenvalue weighted by Crippen LogP contribution is -2.46. The first-order chi connectivity index (χ1) is 25.2. The zero-order valence-corrected chi connectivity index (χ0v) is 30.1. The summed E-state index contributed by atoms with van der Waals surface area (Å²) in [6.45, 7) is 6.11. The molecule has 2 atom stereocenters. The number of carbonyl (C=O) groups excluding carboxylic acids is 3. The lowest BCUT2D eigenvalue weighted by atomic mass is 9.73. The molecule has 1 fully saturated rings. The molecular weight excluding hydrogens is 664 g/mol. The van der Waals surface area contributed by atoms with Crippen LogP contribution in [-0.4, -0.2) is 99.9 Å². The number of nitrogens with zero attached hydrogens (tertiary/aromatic N) is 4. The molecule has 5 N–H and O–H groups in total. The van der Waals surface area contributed by atoms with Gasteiger partial charge in [-0.25, -0.2) is 14.8 Å². The van der Waals surface area contributed by atoms with Gasteiger partial charge in [0, 0.05) is 18.2 Å². The molecule has 0 spiro atoms. The number of ether oxygens (including phenoxy) is 3. The van der Waals surface area contributed by atoms with E-state index in [2.05, 4.69) is 56.5 Å². The molecule has 7 rings (SSSR count). The quantitative estimate of drug-likeness (QED) is 0.256. The van der Waals surface area contributed by atoms with Gasteiger partial charge in [0.15, 0.2) is 5.79 Å². The number of H-pyrrole nitrogens is 2. The van der Waals surface area contributed by atoms with Gasteiger partial charge >= 0.3 is 6.09 Å². The Morgan fingerprint density at radius 3 is 2.44 bits per heavy atom. The number of carbonyl (C=O) groups is 3. The van der Waals surface area contributed by atoms with Crippen molar-refractivity contribution in [1.82, 2.24) is 35.1 Å². The van der Waals surface area contributed by atoms with Gasteiger partial charge in [-0.05, 0) is 73.3 Å². The van der Waals surface area contributed by atoms with Crippen LogP contribution in [0.15, 0.2) is 41.5 Å². The summed E-state index contributed by atoms with van der Waals surface area (Å²) in [6.07, 6.45) is 17.2. The number of aromatic amines is 2. The molecule has 3 heterocycles. The highest BCUT2D eigenvalue weighted by Crippen LogP contribution is 2.45. The fourth-order valence-electron chi connectivity index (χ4n) is 7.89. The maximum Gasteiger partial charge on any atom is 0.407 e. The molecule has 2 unspecified atom stereocenters. The van der Waals surface area contributed by atoms with Crippen molar-refractivity contribution in [2.75, 3.05) is 46.5 Å². The number of hydrogen-bond donors (Lipinski definition) is 4. The molecule has 5 aliphatic rings. The Labute approximate surface area is 303 Å². The summed E-state index contributed by atoms with van der Waals surface area (Å²) in [4.78, 5) is 57.3. The number of imidazole rings is 2. The third-order valence-corrected chi connectivity index (χ3v) is 10.5. The van der Waals surface area contributed by atoms with Gasteiger partial charge in [0.25, 0.3) is 0 Å². The SMILES string of the molecule is CCCN(Cc1nc2c([nH]1)C=CC1CC(C3=CC=C4c5nc(CN(CC6(C)OCCO6)C(=O)CN)[nH]c5CCC4C3)=CC=C21)C(=O)CNC(=O)OC. The number of aromatic nitrogens is 4. The average Bonchev–Trinajstić information content (AvgIpc) is 3.90. The first kappa shape index (κ1) is 35.6. The molecule has 1 aliphatic heterocycles. The number of fused-ring (bicyclic) bond motifs is 6. The Morgan fingerprint density at radius 2 is 1.69 bits per heavy atom. The Kier molecular flexibility index (Phi) is 10.3. The van der Waals surface area contributed by atoms with Crippen LogP contribution in [0.1, 0.15) is 74.0 Å². The second-order valence-electron chi connectivity index (χ2n) is 14.1. The van der Waals surface area contributed by atoms with Crippen molar-refractivity contribution in [3.63, 3.8) is 0 Å². The van der Waals surface area contributed by atoms with E-state index in [-0.39, 0.29) is 37.4 Å². The van der Waals surface area contributed by atoms with Crippen LogP contribution >= 0.6 is 0 Å². The minimum atomic E-state index is -0.847. The third-order valence-electron chi connectivity index (χ3n) is 10.5. The van der Waals surface area contributed by atoms with Crippen LogP contribution in [0.3, 0.4) is 0 Å². The van der Waals surface area contributed by atoms with Crippen LogP contribution < -0.4 is 11.1 Å². The van der Waals surface area contributed by atoms with E-state index in [0.717, 1.165) is 60.7 Å². The minimum Gasteiger partial charge on any atom is -0.453 e. The Balaban J connectivity index is 1.05. The fraction of sp³-hybridized carbons (Fsp3) is 0.500. The van der Waals surface area contributed by atoms with Crippen molar-refractivity contribution >= 4 is 35.1 Å². The monoisotopic (exact) mass is 712 g/mol. The fourth-order valence-corrected chi connectivity index (χ4v) is 7.89. The summed E-state index contributed by atoms with van der Waals surface area (Å²) in [7, 11) is 1.27. The molecule has 2 aromatic heterocycles. The summed E-state index contributed by atoms with van der Waals surface area (Å²) in [6, 6.07) is 0. The highest BCUT2D eigenvalue weighted by atomic mass is 16.7. The van der Waals surface area contributed by atoms with Crippen LogP contribution in [0.4, 0.5) is 4.79 Å². The molecule has 2 aromatic rings. The van der Waals surface area contributed by atoms with E-state index in [9.17, 15) is 14.4 Å². The Hall–Kier alpha value is -4.79. The number of alkyl carbamates (subject to hydrolysis) is 1. The van der Waals surface area contributed by atoms with Gasteiger partial charge < -0.3 is 45.0 Å². The second-order valence-corrected chi connectivity index (χ2v) is 14.1. The predicted octanol–water partition coefficient (Wildman–Crippen LogP) is 3.61. The highest BCUT2D eigenvalue weighted by Gasteiger charge is 2.36. The van der Waals surface area contributed by atoms with Crippen molar-refractivity contribution in [3.8, 4) is 0 Å². The standard InChI is InChI=1S/C38H48N8O6/c1-4-13-45(34(48)19-40-37(49)50-3)20-31-41-29-11-7-25-16-23(5-9-27(25)35(29)43-31)24-6-10-28-26(17-24)8-12-30-36(28)44-32(42-30)21-46(33(47)18-39)22-38(2)51-14-15-52-38/h5-7,9-11,25-26H,4,8,12-22,39H2,1-3H3,(H,40,49)(H,41,43)(H,42,44). The van der Waals surface area contributed by atoms with Crippen molar-refractivity contribution in [2.24, 2.45) is 17.6 Å². The van der Waals surface area contributed by atoms with E-state index in [1.165, 1.54) is 29.4 Å². The van der Waals surface area contributed by atoms with E-state index in [4.69, 9.17) is 25.2 Å². The van der Waals surface area contributed by atoms with Crippen molar-refractivity contribution < 1.29 is 28.6 Å². The van der Waals surface area contributed by atoms with Crippen molar-refractivity contribution in [2.45, 2.75) is 64.8 Å². The molecule has 1 saturated heterocycles. The Morgan fingerprint density at radius 1 is 0.981 bits per heavy atom. The van der Waals surface area contributed by atoms with Gasteiger partial charge in [-0.15, -0.1) is 0 Å². The first-order valence-electron chi connectivity index (χ1n) is 18.2. The third kappa shape index (κ3) is 7.41. The second kappa shape index (κ2) is 15.1. The van der Waals surface area contributed by atoms with Gasteiger partial charge in [-0.2, -0.15) is 0 Å². The number of amides is 3. The number of nitrogens with two attached hydrogens (primary N) is 1. The molecule has 3 amide bonds. The number of allylic oxidation sites excluding steroid dienone is 9. The van der Waals surface area contributed by atoms with Crippen LogP contribution in [0.25, 0.3) is 17.2 Å². The predicted molar refractivity (Wildman–Crippen MR) is 194 cm³/mol. The lowest BCUT2D eigenvalue weighted by molar-refractivity contribution is -0.166. The highest BCUT2D eigenvalue weighted by molar-refractivity contribution is 5.83. The van der Waals surface area contributed by atoms with Gasteiger partial charge in [0.2, 0.25) is 11.8 Å². The Bertz CT molecular complexity index is 1880. The van der Waals surface area contributed by atoms with E-state index >= 15 is 0 Å². The molecule has 52 heavy (non-hydrogen) atoms. The van der Waals surface area contributed by atoms with Gasteiger partial charge in [0.05, 0.1) is 63.6 Å². The van der Waals surface area contributed by atoms with E-state index in [1.54, 1.807) is 9.80 Å². The molecule has 0 aromatic carbocycles. The summed E-state index contributed by atoms with van der Waals surface area (Å²) < 4.78 is 16.1. The van der Waals surface area contributed by atoms with Gasteiger partial charge in [-0.3, -0.25) is 9.59 Å². The summed E-state index contributed by atoms with van der Waals surface area (Å²) in [5.74, 6) is 0.809. The average molecular weight is 713 g/mol. The van der Waals surface area contributed by atoms with Gasteiger partial charge in [-0.1, -0.05) is 37.3 Å². The summed E-state index contributed by atoms with van der Waals surface area (Å²) in [5, 5.41) is 2.47. The number of methoxy groups -OCH3 is 1. The van der Waals surface area contributed by atoms with Crippen LogP contribution in [-0.2, 0) is 43.3 Å². The zero-order chi connectivity index (χ0) is 36.4. The smallest absolute Gasteiger partial charge is 0.407 e. The molecule has 14 heteroatoms. The van der Waals surface area contributed by atoms with Gasteiger partial charge in [0.1, 0.15) is 18.2 Å². The molecule has 14 nitrogen and oxygen atoms in total. The van der Waals surface area contributed by atoms with Crippen molar-refractivity contribution in [3.05, 3.63) is 76.0 Å². The maximum atomic E-state index is 12.8. The lowest BCUT2D eigenvalue weighted by Gasteiger charge is -2.31. The molecule has 0 bridgehead atoms. The summed E-state index contributed by atoms with van der Waals surface area (Å²) in [5.41, 5.74) is 14.8. The molecule has 0 radical (unpaired) electrons. The number of rotatable bonds is 12. The molecular formula is C38H48N8O6. The summed E-state index contributed by atoms with van der Waals surface area (Å²) >= 11 is 0. The van der Waals surface area contributed by atoms with Crippen LogP contribution in [0.5, 0.6) is 0 Å². The van der Waals surface area contributed by atoms with E-state index in [1.807, 2.05) is 13.8 Å². The van der Waals surface area contributed by atoms with Crippen LogP contribution in [0, 0.1) is 11.8 Å². The van der Waals surface area contributed by atoms with E-state index in [0.29, 0.717) is 44.6 Å². The minimum absolute atomic E-state index is 0.0940. The zero-order valence-electron chi connectivity index (χ0n) is 30.1. The number of aryl methyl sites for hydroxylation is 1.